The van der Waals surface area contributed by atoms with Crippen LogP contribution in [-0.4, -0.2) is 26.2 Å². The molecule has 4 nitrogen and oxygen atoms in total. The molecular weight excluding hydrogens is 250 g/mol. The maximum Gasteiger partial charge on any atom is 0.319 e. The summed E-state index contributed by atoms with van der Waals surface area (Å²) in [7, 11) is 2.11. The van der Waals surface area contributed by atoms with E-state index in [1.165, 1.54) is 17.7 Å². The van der Waals surface area contributed by atoms with Crippen LogP contribution in [0.2, 0.25) is 0 Å². The third-order valence-corrected chi connectivity index (χ3v) is 3.47. The molecule has 0 saturated carbocycles. The molecule has 1 aliphatic rings. The average Bonchev–Trinajstić information content (AvgIpc) is 2.36. The number of anilines is 2. The van der Waals surface area contributed by atoms with E-state index in [4.69, 9.17) is 0 Å². The summed E-state index contributed by atoms with van der Waals surface area (Å²) in [5.41, 5.74) is 3.55. The number of aryl methyl sites for hydroxylation is 1. The Hall–Kier alpha value is -1.71. The maximum atomic E-state index is 11.9. The Kier molecular flexibility index (Phi) is 4.21. The molecule has 0 spiro atoms. The molecule has 2 amide bonds. The van der Waals surface area contributed by atoms with Gasteiger partial charge >= 0.3 is 6.03 Å². The lowest BCUT2D eigenvalue weighted by Gasteiger charge is -2.28. The van der Waals surface area contributed by atoms with Crippen LogP contribution in [0.1, 0.15) is 32.8 Å². The van der Waals surface area contributed by atoms with Crippen molar-refractivity contribution in [2.75, 3.05) is 30.4 Å². The Balaban J connectivity index is 1.98. The fourth-order valence-corrected chi connectivity index (χ4v) is 2.38. The van der Waals surface area contributed by atoms with Crippen LogP contribution < -0.4 is 15.5 Å². The molecule has 1 aromatic rings. The van der Waals surface area contributed by atoms with Crippen molar-refractivity contribution in [3.05, 3.63) is 23.8 Å². The first-order valence-corrected chi connectivity index (χ1v) is 7.24. The van der Waals surface area contributed by atoms with Crippen LogP contribution in [-0.2, 0) is 6.42 Å². The highest BCUT2D eigenvalue weighted by atomic mass is 16.2. The second-order valence-electron chi connectivity index (χ2n) is 6.74. The number of amides is 2. The van der Waals surface area contributed by atoms with Crippen molar-refractivity contribution < 1.29 is 4.79 Å². The van der Waals surface area contributed by atoms with Gasteiger partial charge in [0.1, 0.15) is 0 Å². The lowest BCUT2D eigenvalue weighted by atomic mass is 9.97. The number of benzene rings is 1. The number of urea groups is 1. The first-order chi connectivity index (χ1) is 9.35. The van der Waals surface area contributed by atoms with E-state index in [1.807, 2.05) is 6.07 Å². The number of nitrogens with zero attached hydrogens (tertiary/aromatic N) is 1. The molecule has 2 rings (SSSR count). The van der Waals surface area contributed by atoms with Gasteiger partial charge in [-0.3, -0.25) is 0 Å². The highest BCUT2D eigenvalue weighted by Crippen LogP contribution is 2.28. The molecule has 0 atom stereocenters. The van der Waals surface area contributed by atoms with Crippen LogP contribution in [0, 0.1) is 5.41 Å². The third-order valence-electron chi connectivity index (χ3n) is 3.47. The average molecular weight is 275 g/mol. The number of hydrogen-bond donors (Lipinski definition) is 2. The number of nitrogens with one attached hydrogen (secondary N) is 2. The standard InChI is InChI=1S/C16H25N3O/c1-16(2,3)11-17-15(20)18-13-7-8-14-12(10-13)6-5-9-19(14)4/h7-8,10H,5-6,9,11H2,1-4H3,(H2,17,18,20). The molecule has 0 radical (unpaired) electrons. The summed E-state index contributed by atoms with van der Waals surface area (Å²) in [6.07, 6.45) is 2.25. The lowest BCUT2D eigenvalue weighted by molar-refractivity contribution is 0.247. The molecule has 0 fully saturated rings. The molecule has 0 aromatic heterocycles. The SMILES string of the molecule is CN1CCCc2cc(NC(=O)NCC(C)(C)C)ccc21. The maximum absolute atomic E-state index is 11.9. The van der Waals surface area contributed by atoms with Gasteiger partial charge in [-0.2, -0.15) is 0 Å². The van der Waals surface area contributed by atoms with E-state index in [0.29, 0.717) is 6.54 Å². The van der Waals surface area contributed by atoms with Crippen molar-refractivity contribution in [2.24, 2.45) is 5.41 Å². The Morgan fingerprint density at radius 2 is 2.10 bits per heavy atom. The van der Waals surface area contributed by atoms with Crippen LogP contribution in [0.25, 0.3) is 0 Å². The molecule has 20 heavy (non-hydrogen) atoms. The van der Waals surface area contributed by atoms with E-state index in [9.17, 15) is 4.79 Å². The number of fused-ring (bicyclic) bond motifs is 1. The summed E-state index contributed by atoms with van der Waals surface area (Å²) in [4.78, 5) is 14.1. The van der Waals surface area contributed by atoms with Crippen LogP contribution in [0.5, 0.6) is 0 Å². The van der Waals surface area contributed by atoms with Crippen molar-refractivity contribution in [2.45, 2.75) is 33.6 Å². The molecule has 1 heterocycles. The first-order valence-electron chi connectivity index (χ1n) is 7.24. The normalized spacial score (nSPS) is 14.7. The lowest BCUT2D eigenvalue weighted by Crippen LogP contribution is -2.35. The second-order valence-corrected chi connectivity index (χ2v) is 6.74. The highest BCUT2D eigenvalue weighted by Gasteiger charge is 2.15. The third kappa shape index (κ3) is 3.89. The molecule has 1 aromatic carbocycles. The zero-order chi connectivity index (χ0) is 14.8. The minimum atomic E-state index is -0.135. The molecule has 2 N–H and O–H groups in total. The predicted molar refractivity (Wildman–Crippen MR) is 84.5 cm³/mol. The Morgan fingerprint density at radius 3 is 2.80 bits per heavy atom. The molecular formula is C16H25N3O. The fourth-order valence-electron chi connectivity index (χ4n) is 2.38. The number of hydrogen-bond acceptors (Lipinski definition) is 2. The highest BCUT2D eigenvalue weighted by molar-refractivity contribution is 5.89. The Morgan fingerprint density at radius 1 is 1.35 bits per heavy atom. The van der Waals surface area contributed by atoms with Crippen molar-refractivity contribution in [1.29, 1.82) is 0 Å². The van der Waals surface area contributed by atoms with E-state index in [2.05, 4.69) is 55.5 Å². The topological polar surface area (TPSA) is 44.4 Å². The summed E-state index contributed by atoms with van der Waals surface area (Å²) in [5, 5.41) is 5.81. The molecule has 0 bridgehead atoms. The predicted octanol–water partition coefficient (Wildman–Crippen LogP) is 3.24. The minimum Gasteiger partial charge on any atom is -0.374 e. The molecule has 1 aliphatic heterocycles. The summed E-state index contributed by atoms with van der Waals surface area (Å²) in [6, 6.07) is 6.01. The van der Waals surface area contributed by atoms with E-state index in [-0.39, 0.29) is 11.4 Å². The second kappa shape index (κ2) is 5.73. The molecule has 110 valence electrons. The van der Waals surface area contributed by atoms with E-state index < -0.39 is 0 Å². The van der Waals surface area contributed by atoms with Crippen LogP contribution >= 0.6 is 0 Å². The fraction of sp³-hybridized carbons (Fsp3) is 0.562. The van der Waals surface area contributed by atoms with Crippen LogP contribution in [0.3, 0.4) is 0 Å². The molecule has 0 unspecified atom stereocenters. The van der Waals surface area contributed by atoms with Gasteiger partial charge in [-0.05, 0) is 42.0 Å². The zero-order valence-electron chi connectivity index (χ0n) is 12.9. The number of carbonyl (C=O) groups excluding carboxylic acids is 1. The first kappa shape index (κ1) is 14.7. The number of carbonyl (C=O) groups is 1. The van der Waals surface area contributed by atoms with E-state index in [0.717, 1.165) is 18.7 Å². The summed E-state index contributed by atoms with van der Waals surface area (Å²) in [6.45, 7) is 8.06. The minimum absolute atomic E-state index is 0.0932. The summed E-state index contributed by atoms with van der Waals surface area (Å²) in [5.74, 6) is 0. The largest absolute Gasteiger partial charge is 0.374 e. The van der Waals surface area contributed by atoms with Crippen molar-refractivity contribution >= 4 is 17.4 Å². The van der Waals surface area contributed by atoms with Crippen molar-refractivity contribution in [3.8, 4) is 0 Å². The quantitative estimate of drug-likeness (QED) is 0.870. The Bertz CT molecular complexity index is 491. The van der Waals surface area contributed by atoms with Gasteiger partial charge in [-0.15, -0.1) is 0 Å². The van der Waals surface area contributed by atoms with Gasteiger partial charge in [0.05, 0.1) is 0 Å². The zero-order valence-corrected chi connectivity index (χ0v) is 12.9. The molecule has 4 heteroatoms. The Labute approximate surface area is 121 Å². The van der Waals surface area contributed by atoms with Gasteiger partial charge in [0.2, 0.25) is 0 Å². The van der Waals surface area contributed by atoms with Crippen molar-refractivity contribution in [1.82, 2.24) is 5.32 Å². The smallest absolute Gasteiger partial charge is 0.319 e. The monoisotopic (exact) mass is 275 g/mol. The van der Waals surface area contributed by atoms with Gasteiger partial charge in [0.25, 0.3) is 0 Å². The van der Waals surface area contributed by atoms with E-state index >= 15 is 0 Å². The van der Waals surface area contributed by atoms with Crippen molar-refractivity contribution in [3.63, 3.8) is 0 Å². The van der Waals surface area contributed by atoms with Gasteiger partial charge < -0.3 is 15.5 Å². The summed E-state index contributed by atoms with van der Waals surface area (Å²) < 4.78 is 0. The van der Waals surface area contributed by atoms with E-state index in [1.54, 1.807) is 0 Å². The van der Waals surface area contributed by atoms with Crippen LogP contribution in [0.15, 0.2) is 18.2 Å². The summed E-state index contributed by atoms with van der Waals surface area (Å²) >= 11 is 0. The molecule has 0 saturated heterocycles. The van der Waals surface area contributed by atoms with Gasteiger partial charge in [0.15, 0.2) is 0 Å². The van der Waals surface area contributed by atoms with Gasteiger partial charge in [0, 0.05) is 31.5 Å². The van der Waals surface area contributed by atoms with Gasteiger partial charge in [-0.25, -0.2) is 4.79 Å². The van der Waals surface area contributed by atoms with Gasteiger partial charge in [-0.1, -0.05) is 20.8 Å². The molecule has 0 aliphatic carbocycles. The van der Waals surface area contributed by atoms with Crippen LogP contribution in [0.4, 0.5) is 16.2 Å². The number of rotatable bonds is 2.